The van der Waals surface area contributed by atoms with Gasteiger partial charge < -0.3 is 19.2 Å². The van der Waals surface area contributed by atoms with Gasteiger partial charge in [-0.3, -0.25) is 9.59 Å². The predicted octanol–water partition coefficient (Wildman–Crippen LogP) is 5.25. The van der Waals surface area contributed by atoms with Gasteiger partial charge in [-0.05, 0) is 57.3 Å². The van der Waals surface area contributed by atoms with Gasteiger partial charge >= 0.3 is 0 Å². The second-order valence-corrected chi connectivity index (χ2v) is 7.52. The highest BCUT2D eigenvalue weighted by Crippen LogP contribution is 2.39. The van der Waals surface area contributed by atoms with Crippen molar-refractivity contribution in [2.24, 2.45) is 0 Å². The fraction of sp³-hybridized carbons (Fsp3) is 0.286. The molecule has 31 heavy (non-hydrogen) atoms. The van der Waals surface area contributed by atoms with Crippen LogP contribution in [0.15, 0.2) is 29.1 Å². The Bertz CT molecular complexity index is 1240. The van der Waals surface area contributed by atoms with E-state index in [0.29, 0.717) is 42.6 Å². The SMILES string of the molecule is CCOc1cc(C(=O)n2c(=S)[nH]c3c(Cl)cc(Cl)cc3c2=O)cc(OCC)c1OCC. The lowest BCUT2D eigenvalue weighted by atomic mass is 10.1. The zero-order valence-electron chi connectivity index (χ0n) is 17.1. The molecule has 1 N–H and O–H groups in total. The van der Waals surface area contributed by atoms with E-state index in [4.69, 9.17) is 49.6 Å². The highest BCUT2D eigenvalue weighted by atomic mass is 35.5. The molecule has 0 atom stereocenters. The third-order valence-corrected chi connectivity index (χ3v) is 5.08. The maximum Gasteiger partial charge on any atom is 0.269 e. The molecule has 0 fully saturated rings. The first kappa shape index (κ1) is 23.1. The molecule has 0 aliphatic rings. The number of hydrogen-bond acceptors (Lipinski definition) is 6. The maximum absolute atomic E-state index is 13.3. The standard InChI is InChI=1S/C21H20Cl2N2O5S/c1-4-28-15-7-11(8-16(29-5-2)18(15)30-6-3)19(26)25-20(27)13-9-12(22)10-14(23)17(13)24-21(25)31/h7-10H,4-6H2,1-3H3,(H,24,31). The van der Waals surface area contributed by atoms with Crippen LogP contribution in [-0.2, 0) is 0 Å². The molecule has 0 spiro atoms. The van der Waals surface area contributed by atoms with Gasteiger partial charge in [0, 0.05) is 10.6 Å². The number of halogens is 2. The summed E-state index contributed by atoms with van der Waals surface area (Å²) in [4.78, 5) is 29.3. The number of aromatic nitrogens is 2. The van der Waals surface area contributed by atoms with Crippen LogP contribution in [0.1, 0.15) is 31.1 Å². The third kappa shape index (κ3) is 4.56. The average molecular weight is 483 g/mol. The first-order chi connectivity index (χ1) is 14.8. The van der Waals surface area contributed by atoms with E-state index < -0.39 is 11.5 Å². The molecular weight excluding hydrogens is 463 g/mol. The molecule has 2 aromatic carbocycles. The second-order valence-electron chi connectivity index (χ2n) is 6.29. The number of hydrogen-bond donors (Lipinski definition) is 1. The molecule has 0 bridgehead atoms. The number of fused-ring (bicyclic) bond motifs is 1. The monoisotopic (exact) mass is 482 g/mol. The van der Waals surface area contributed by atoms with Gasteiger partial charge in [0.25, 0.3) is 11.5 Å². The topological polar surface area (TPSA) is 82.6 Å². The van der Waals surface area contributed by atoms with Gasteiger partial charge in [-0.2, -0.15) is 0 Å². The third-order valence-electron chi connectivity index (χ3n) is 4.28. The zero-order valence-corrected chi connectivity index (χ0v) is 19.4. The number of nitrogens with zero attached hydrogens (tertiary/aromatic N) is 1. The zero-order chi connectivity index (χ0) is 22.7. The Morgan fingerprint density at radius 3 is 2.13 bits per heavy atom. The summed E-state index contributed by atoms with van der Waals surface area (Å²) < 4.78 is 17.7. The molecule has 0 saturated heterocycles. The lowest BCUT2D eigenvalue weighted by Crippen LogP contribution is -2.29. The highest BCUT2D eigenvalue weighted by molar-refractivity contribution is 7.71. The average Bonchev–Trinajstić information content (AvgIpc) is 2.71. The summed E-state index contributed by atoms with van der Waals surface area (Å²) >= 11 is 17.5. The van der Waals surface area contributed by atoms with Crippen molar-refractivity contribution in [1.82, 2.24) is 9.55 Å². The Labute approximate surface area is 193 Å². The number of nitrogens with one attached hydrogen (secondary N) is 1. The molecule has 0 unspecified atom stereocenters. The Balaban J connectivity index is 2.24. The number of ether oxygens (including phenoxy) is 3. The summed E-state index contributed by atoms with van der Waals surface area (Å²) in [5, 5.41) is 0.626. The van der Waals surface area contributed by atoms with Crippen molar-refractivity contribution in [3.63, 3.8) is 0 Å². The van der Waals surface area contributed by atoms with Crippen LogP contribution >= 0.6 is 35.4 Å². The molecule has 3 rings (SSSR count). The molecule has 0 aliphatic carbocycles. The maximum atomic E-state index is 13.3. The molecule has 0 amide bonds. The van der Waals surface area contributed by atoms with Gasteiger partial charge in [0.15, 0.2) is 16.3 Å². The Hall–Kier alpha value is -2.55. The van der Waals surface area contributed by atoms with Crippen LogP contribution < -0.4 is 19.8 Å². The van der Waals surface area contributed by atoms with Crippen molar-refractivity contribution in [2.45, 2.75) is 20.8 Å². The second kappa shape index (κ2) is 9.72. The van der Waals surface area contributed by atoms with E-state index in [0.717, 1.165) is 4.57 Å². The molecule has 1 heterocycles. The fourth-order valence-electron chi connectivity index (χ4n) is 3.07. The van der Waals surface area contributed by atoms with E-state index in [1.807, 2.05) is 20.8 Å². The quantitative estimate of drug-likeness (QED) is 0.463. The Morgan fingerprint density at radius 2 is 1.58 bits per heavy atom. The van der Waals surface area contributed by atoms with Crippen molar-refractivity contribution >= 4 is 52.2 Å². The summed E-state index contributed by atoms with van der Waals surface area (Å²) in [6.45, 7) is 6.51. The van der Waals surface area contributed by atoms with Crippen molar-refractivity contribution in [3.8, 4) is 17.2 Å². The highest BCUT2D eigenvalue weighted by Gasteiger charge is 2.22. The number of carbonyl (C=O) groups is 1. The van der Waals surface area contributed by atoms with Gasteiger partial charge in [0.05, 0.1) is 35.7 Å². The number of H-pyrrole nitrogens is 1. The van der Waals surface area contributed by atoms with Crippen LogP contribution in [0.3, 0.4) is 0 Å². The smallest absolute Gasteiger partial charge is 0.269 e. The normalized spacial score (nSPS) is 10.9. The van der Waals surface area contributed by atoms with E-state index in [1.165, 1.54) is 24.3 Å². The molecule has 0 radical (unpaired) electrons. The van der Waals surface area contributed by atoms with E-state index in [1.54, 1.807) is 0 Å². The number of rotatable bonds is 7. The van der Waals surface area contributed by atoms with Crippen LogP contribution in [0.4, 0.5) is 0 Å². The lowest BCUT2D eigenvalue weighted by molar-refractivity contribution is 0.0952. The number of benzene rings is 2. The van der Waals surface area contributed by atoms with Crippen molar-refractivity contribution < 1.29 is 19.0 Å². The summed E-state index contributed by atoms with van der Waals surface area (Å²) in [5.74, 6) is 0.383. The van der Waals surface area contributed by atoms with Crippen molar-refractivity contribution in [3.05, 3.63) is 55.0 Å². The first-order valence-corrected chi connectivity index (χ1v) is 10.7. The largest absolute Gasteiger partial charge is 0.490 e. The number of aromatic amines is 1. The minimum Gasteiger partial charge on any atom is -0.490 e. The van der Waals surface area contributed by atoms with E-state index in [9.17, 15) is 9.59 Å². The minimum absolute atomic E-state index is 0.100. The molecule has 0 saturated carbocycles. The molecule has 1 aromatic heterocycles. The fourth-order valence-corrected chi connectivity index (χ4v) is 3.88. The summed E-state index contributed by atoms with van der Waals surface area (Å²) in [6.07, 6.45) is 0. The Morgan fingerprint density at radius 1 is 1.00 bits per heavy atom. The van der Waals surface area contributed by atoms with E-state index in [-0.39, 0.29) is 25.8 Å². The predicted molar refractivity (Wildman–Crippen MR) is 123 cm³/mol. The van der Waals surface area contributed by atoms with Crippen LogP contribution in [0.5, 0.6) is 17.2 Å². The lowest BCUT2D eigenvalue weighted by Gasteiger charge is -2.17. The van der Waals surface area contributed by atoms with Gasteiger partial charge in [0.2, 0.25) is 5.75 Å². The summed E-state index contributed by atoms with van der Waals surface area (Å²) in [5.41, 5.74) is -0.191. The molecule has 10 heteroatoms. The van der Waals surface area contributed by atoms with E-state index in [2.05, 4.69) is 4.98 Å². The van der Waals surface area contributed by atoms with Gasteiger partial charge in [-0.25, -0.2) is 4.57 Å². The molecule has 3 aromatic rings. The van der Waals surface area contributed by atoms with Crippen LogP contribution in [0.25, 0.3) is 10.9 Å². The van der Waals surface area contributed by atoms with Crippen LogP contribution in [-0.4, -0.2) is 35.3 Å². The van der Waals surface area contributed by atoms with Crippen LogP contribution in [0, 0.1) is 4.77 Å². The van der Waals surface area contributed by atoms with Gasteiger partial charge in [-0.15, -0.1) is 0 Å². The summed E-state index contributed by atoms with van der Waals surface area (Å²) in [6, 6.07) is 5.90. The van der Waals surface area contributed by atoms with Gasteiger partial charge in [-0.1, -0.05) is 23.2 Å². The number of carbonyl (C=O) groups excluding carboxylic acids is 1. The molecule has 164 valence electrons. The van der Waals surface area contributed by atoms with Crippen LogP contribution in [0.2, 0.25) is 10.0 Å². The van der Waals surface area contributed by atoms with Crippen molar-refractivity contribution in [2.75, 3.05) is 19.8 Å². The van der Waals surface area contributed by atoms with Crippen molar-refractivity contribution in [1.29, 1.82) is 0 Å². The molecule has 7 nitrogen and oxygen atoms in total. The van der Waals surface area contributed by atoms with E-state index >= 15 is 0 Å². The summed E-state index contributed by atoms with van der Waals surface area (Å²) in [7, 11) is 0. The molecular formula is C21H20Cl2N2O5S. The van der Waals surface area contributed by atoms with Gasteiger partial charge in [0.1, 0.15) is 0 Å². The molecule has 0 aliphatic heterocycles. The minimum atomic E-state index is -0.658. The Kier molecular flexibility index (Phi) is 7.25. The first-order valence-electron chi connectivity index (χ1n) is 9.57.